The number of anilines is 3. The third-order valence-electron chi connectivity index (χ3n) is 2.71. The highest BCUT2D eigenvalue weighted by Gasteiger charge is 2.21. The van der Waals surface area contributed by atoms with Gasteiger partial charge in [-0.3, -0.25) is 0 Å². The van der Waals surface area contributed by atoms with Gasteiger partial charge >= 0.3 is 0 Å². The van der Waals surface area contributed by atoms with E-state index in [0.29, 0.717) is 13.0 Å². The van der Waals surface area contributed by atoms with Crippen molar-refractivity contribution in [3.8, 4) is 0 Å². The van der Waals surface area contributed by atoms with Gasteiger partial charge in [0.25, 0.3) is 0 Å². The van der Waals surface area contributed by atoms with Gasteiger partial charge in [-0.05, 0) is 26.3 Å². The van der Waals surface area contributed by atoms with Crippen LogP contribution >= 0.6 is 11.6 Å². The Balaban J connectivity index is 3.23. The summed E-state index contributed by atoms with van der Waals surface area (Å²) in [5.41, 5.74) is 12.0. The molecule has 1 aromatic carbocycles. The number of hydrogen-bond donors (Lipinski definition) is 3. The quantitative estimate of drug-likeness (QED) is 0.721. The number of aliphatic hydroxyl groups excluding tert-OH is 1. The summed E-state index contributed by atoms with van der Waals surface area (Å²) in [7, 11) is 0. The van der Waals surface area contributed by atoms with Crippen LogP contribution in [0.5, 0.6) is 0 Å². The van der Waals surface area contributed by atoms with E-state index < -0.39 is 5.82 Å². The maximum atomic E-state index is 14.2. The lowest BCUT2D eigenvalue weighted by atomic mass is 10.1. The van der Waals surface area contributed by atoms with Crippen LogP contribution in [0.3, 0.4) is 0 Å². The zero-order valence-corrected chi connectivity index (χ0v) is 11.3. The molecule has 1 aromatic rings. The summed E-state index contributed by atoms with van der Waals surface area (Å²) < 4.78 is 14.2. The normalized spacial score (nSPS) is 11.0. The number of aliphatic hydroxyl groups is 1. The zero-order valence-electron chi connectivity index (χ0n) is 10.6. The molecule has 18 heavy (non-hydrogen) atoms. The monoisotopic (exact) mass is 275 g/mol. The van der Waals surface area contributed by atoms with Crippen LogP contribution < -0.4 is 16.4 Å². The van der Waals surface area contributed by atoms with Gasteiger partial charge in [0, 0.05) is 19.2 Å². The van der Waals surface area contributed by atoms with Crippen LogP contribution in [-0.2, 0) is 0 Å². The Kier molecular flexibility index (Phi) is 5.04. The molecule has 0 atom stereocenters. The summed E-state index contributed by atoms with van der Waals surface area (Å²) >= 11 is 5.81. The first kappa shape index (κ1) is 14.9. The third-order valence-corrected chi connectivity index (χ3v) is 3.09. The number of nitrogens with zero attached hydrogens (tertiary/aromatic N) is 1. The zero-order chi connectivity index (χ0) is 13.9. The highest BCUT2D eigenvalue weighted by molar-refractivity contribution is 6.33. The van der Waals surface area contributed by atoms with E-state index in [-0.39, 0.29) is 34.7 Å². The fourth-order valence-corrected chi connectivity index (χ4v) is 1.96. The highest BCUT2D eigenvalue weighted by Crippen LogP contribution is 2.37. The van der Waals surface area contributed by atoms with E-state index in [4.69, 9.17) is 28.2 Å². The van der Waals surface area contributed by atoms with Crippen molar-refractivity contribution in [2.45, 2.75) is 26.3 Å². The van der Waals surface area contributed by atoms with E-state index in [1.807, 2.05) is 13.8 Å². The Hall–Kier alpha value is -1.20. The molecule has 0 unspecified atom stereocenters. The van der Waals surface area contributed by atoms with Crippen molar-refractivity contribution in [1.29, 1.82) is 0 Å². The minimum Gasteiger partial charge on any atom is -0.397 e. The molecular formula is C12H19ClFN3O. The molecule has 0 fully saturated rings. The standard InChI is InChI=1S/C12H19ClFN3O/c1-7(2)17(4-3-5-18)12-9(16)6-8(15)10(13)11(12)14/h6-7,18H,3-5,15-16H2,1-2H3. The average Bonchev–Trinajstić information content (AvgIpc) is 2.30. The van der Waals surface area contributed by atoms with Crippen molar-refractivity contribution in [2.24, 2.45) is 0 Å². The molecule has 102 valence electrons. The second kappa shape index (κ2) is 6.11. The summed E-state index contributed by atoms with van der Waals surface area (Å²) in [4.78, 5) is 1.77. The van der Waals surface area contributed by atoms with Crippen LogP contribution in [0.1, 0.15) is 20.3 Å². The Labute approximate surface area is 111 Å². The van der Waals surface area contributed by atoms with Gasteiger partial charge in [0.1, 0.15) is 5.02 Å². The van der Waals surface area contributed by atoms with Gasteiger partial charge in [-0.2, -0.15) is 0 Å². The number of hydrogen-bond acceptors (Lipinski definition) is 4. The van der Waals surface area contributed by atoms with E-state index in [0.717, 1.165) is 0 Å². The molecule has 0 spiro atoms. The van der Waals surface area contributed by atoms with Crippen LogP contribution in [0, 0.1) is 5.82 Å². The third kappa shape index (κ3) is 2.97. The number of halogens is 2. The van der Waals surface area contributed by atoms with E-state index in [9.17, 15) is 4.39 Å². The molecule has 0 radical (unpaired) electrons. The van der Waals surface area contributed by atoms with Gasteiger partial charge in [-0.25, -0.2) is 4.39 Å². The summed E-state index contributed by atoms with van der Waals surface area (Å²) in [5, 5.41) is 8.77. The fourth-order valence-electron chi connectivity index (χ4n) is 1.82. The maximum Gasteiger partial charge on any atom is 0.169 e. The lowest BCUT2D eigenvalue weighted by Crippen LogP contribution is -2.33. The predicted molar refractivity (Wildman–Crippen MR) is 74.4 cm³/mol. The molecule has 0 aliphatic carbocycles. The van der Waals surface area contributed by atoms with E-state index >= 15 is 0 Å². The lowest BCUT2D eigenvalue weighted by molar-refractivity contribution is 0.288. The molecule has 0 aromatic heterocycles. The molecule has 0 heterocycles. The topological polar surface area (TPSA) is 75.5 Å². The second-order valence-electron chi connectivity index (χ2n) is 4.40. The van der Waals surface area contributed by atoms with Gasteiger partial charge in [0.15, 0.2) is 5.82 Å². The average molecular weight is 276 g/mol. The van der Waals surface area contributed by atoms with Gasteiger partial charge in [-0.15, -0.1) is 0 Å². The van der Waals surface area contributed by atoms with E-state index in [1.165, 1.54) is 6.07 Å². The summed E-state index contributed by atoms with van der Waals surface area (Å²) in [6.45, 7) is 4.37. The van der Waals surface area contributed by atoms with Crippen molar-refractivity contribution in [3.63, 3.8) is 0 Å². The molecule has 0 aliphatic rings. The molecule has 6 heteroatoms. The van der Waals surface area contributed by atoms with Crippen molar-refractivity contribution in [2.75, 3.05) is 29.5 Å². The minimum absolute atomic E-state index is 0.0352. The summed E-state index contributed by atoms with van der Waals surface area (Å²) in [5.74, 6) is -0.610. The first-order valence-electron chi connectivity index (χ1n) is 5.80. The minimum atomic E-state index is -0.610. The first-order valence-corrected chi connectivity index (χ1v) is 6.18. The summed E-state index contributed by atoms with van der Waals surface area (Å²) in [6.07, 6.45) is 0.527. The predicted octanol–water partition coefficient (Wildman–Crippen LogP) is 2.24. The first-order chi connectivity index (χ1) is 8.40. The van der Waals surface area contributed by atoms with Crippen LogP contribution in [0.25, 0.3) is 0 Å². The maximum absolute atomic E-state index is 14.2. The number of nitrogens with two attached hydrogens (primary N) is 2. The molecule has 1 rings (SSSR count). The smallest absolute Gasteiger partial charge is 0.169 e. The molecule has 0 saturated carbocycles. The Morgan fingerprint density at radius 1 is 1.39 bits per heavy atom. The van der Waals surface area contributed by atoms with Crippen molar-refractivity contribution in [3.05, 3.63) is 16.9 Å². The largest absolute Gasteiger partial charge is 0.397 e. The molecular weight excluding hydrogens is 257 g/mol. The summed E-state index contributed by atoms with van der Waals surface area (Å²) in [6, 6.07) is 1.49. The Morgan fingerprint density at radius 2 is 2.00 bits per heavy atom. The Morgan fingerprint density at radius 3 is 2.50 bits per heavy atom. The van der Waals surface area contributed by atoms with Crippen LogP contribution in [-0.4, -0.2) is 24.3 Å². The van der Waals surface area contributed by atoms with Crippen LogP contribution in [0.2, 0.25) is 5.02 Å². The Bertz CT molecular complexity index is 426. The number of nitrogen functional groups attached to an aromatic ring is 2. The van der Waals surface area contributed by atoms with Crippen molar-refractivity contribution < 1.29 is 9.50 Å². The van der Waals surface area contributed by atoms with E-state index in [1.54, 1.807) is 4.90 Å². The molecule has 4 nitrogen and oxygen atoms in total. The number of rotatable bonds is 5. The second-order valence-corrected chi connectivity index (χ2v) is 4.77. The SMILES string of the molecule is CC(C)N(CCCO)c1c(N)cc(N)c(Cl)c1F. The van der Waals surface area contributed by atoms with Gasteiger partial charge in [-0.1, -0.05) is 11.6 Å². The van der Waals surface area contributed by atoms with Gasteiger partial charge < -0.3 is 21.5 Å². The van der Waals surface area contributed by atoms with Crippen LogP contribution in [0.15, 0.2) is 6.07 Å². The molecule has 5 N–H and O–H groups in total. The number of benzene rings is 1. The highest BCUT2D eigenvalue weighted by atomic mass is 35.5. The lowest BCUT2D eigenvalue weighted by Gasteiger charge is -2.30. The van der Waals surface area contributed by atoms with E-state index in [2.05, 4.69) is 0 Å². The molecule has 0 bridgehead atoms. The molecule has 0 saturated heterocycles. The molecule has 0 aliphatic heterocycles. The van der Waals surface area contributed by atoms with Gasteiger partial charge in [0.05, 0.1) is 17.1 Å². The fraction of sp³-hybridized carbons (Fsp3) is 0.500. The van der Waals surface area contributed by atoms with Crippen LogP contribution in [0.4, 0.5) is 21.5 Å². The van der Waals surface area contributed by atoms with Crippen molar-refractivity contribution in [1.82, 2.24) is 0 Å². The van der Waals surface area contributed by atoms with Crippen molar-refractivity contribution >= 4 is 28.7 Å². The molecule has 0 amide bonds. The van der Waals surface area contributed by atoms with Gasteiger partial charge in [0.2, 0.25) is 0 Å².